The van der Waals surface area contributed by atoms with Gasteiger partial charge in [0.1, 0.15) is 6.61 Å². The molecule has 1 aliphatic rings. The predicted octanol–water partition coefficient (Wildman–Crippen LogP) is 2.07. The van der Waals surface area contributed by atoms with E-state index in [9.17, 15) is 4.79 Å². The van der Waals surface area contributed by atoms with E-state index < -0.39 is 6.09 Å². The number of amides is 1. The molecule has 0 spiro atoms. The van der Waals surface area contributed by atoms with Crippen molar-refractivity contribution in [2.75, 3.05) is 6.61 Å². The summed E-state index contributed by atoms with van der Waals surface area (Å²) < 4.78 is 5.10. The number of benzene rings is 1. The second-order valence-electron chi connectivity index (χ2n) is 4.76. The number of aliphatic hydroxyl groups excluding tert-OH is 1. The number of alkyl carbamates (subject to hydrolysis) is 1. The smallest absolute Gasteiger partial charge is 0.407 e. The summed E-state index contributed by atoms with van der Waals surface area (Å²) in [6, 6.07) is 9.35. The molecule has 1 atom stereocenters. The largest absolute Gasteiger partial charge is 0.445 e. The van der Waals surface area contributed by atoms with Gasteiger partial charge in [-0.3, -0.25) is 0 Å². The number of hydrogen-bond donors (Lipinski definition) is 2. The van der Waals surface area contributed by atoms with E-state index in [0.29, 0.717) is 5.92 Å². The molecular weight excluding hydrogens is 230 g/mol. The monoisotopic (exact) mass is 249 g/mol. The van der Waals surface area contributed by atoms with Crippen molar-refractivity contribution >= 4 is 6.09 Å². The van der Waals surface area contributed by atoms with Gasteiger partial charge in [0.15, 0.2) is 0 Å². The van der Waals surface area contributed by atoms with Gasteiger partial charge in [-0.2, -0.15) is 0 Å². The van der Waals surface area contributed by atoms with Gasteiger partial charge in [0, 0.05) is 0 Å². The Morgan fingerprint density at radius 1 is 1.39 bits per heavy atom. The Morgan fingerprint density at radius 2 is 2.11 bits per heavy atom. The minimum atomic E-state index is -0.460. The first-order valence-electron chi connectivity index (χ1n) is 6.36. The Morgan fingerprint density at radius 3 is 2.72 bits per heavy atom. The lowest BCUT2D eigenvalue weighted by Gasteiger charge is -2.15. The van der Waals surface area contributed by atoms with Gasteiger partial charge in [0.25, 0.3) is 0 Å². The average molecular weight is 249 g/mol. The molecule has 0 unspecified atom stereocenters. The Hall–Kier alpha value is -1.55. The van der Waals surface area contributed by atoms with E-state index in [-0.39, 0.29) is 19.3 Å². The van der Waals surface area contributed by atoms with Crippen molar-refractivity contribution in [3.8, 4) is 0 Å². The van der Waals surface area contributed by atoms with Crippen LogP contribution in [0.5, 0.6) is 0 Å². The highest BCUT2D eigenvalue weighted by Crippen LogP contribution is 2.33. The van der Waals surface area contributed by atoms with Gasteiger partial charge in [-0.1, -0.05) is 43.2 Å². The highest BCUT2D eigenvalue weighted by molar-refractivity contribution is 5.67. The van der Waals surface area contributed by atoms with Crippen LogP contribution in [0.4, 0.5) is 4.79 Å². The first-order valence-corrected chi connectivity index (χ1v) is 6.36. The van der Waals surface area contributed by atoms with Crippen LogP contribution in [0, 0.1) is 5.92 Å². The highest BCUT2D eigenvalue weighted by Gasteiger charge is 2.26. The van der Waals surface area contributed by atoms with E-state index in [4.69, 9.17) is 9.84 Å². The summed E-state index contributed by atoms with van der Waals surface area (Å²) >= 11 is 0. The molecule has 2 N–H and O–H groups in total. The van der Waals surface area contributed by atoms with Crippen LogP contribution in [-0.2, 0) is 11.3 Å². The lowest BCUT2D eigenvalue weighted by atomic mass is 10.1. The van der Waals surface area contributed by atoms with Gasteiger partial charge in [0.2, 0.25) is 0 Å². The third-order valence-electron chi connectivity index (χ3n) is 3.07. The lowest BCUT2D eigenvalue weighted by molar-refractivity contribution is 0.127. The molecule has 0 saturated heterocycles. The molecule has 0 heterocycles. The van der Waals surface area contributed by atoms with E-state index in [1.165, 1.54) is 12.8 Å². The van der Waals surface area contributed by atoms with Crippen molar-refractivity contribution in [2.24, 2.45) is 5.92 Å². The van der Waals surface area contributed by atoms with Gasteiger partial charge in [0.05, 0.1) is 12.6 Å². The molecule has 98 valence electrons. The fraction of sp³-hybridized carbons (Fsp3) is 0.500. The minimum absolute atomic E-state index is 0.0308. The molecule has 4 heteroatoms. The van der Waals surface area contributed by atoms with Crippen molar-refractivity contribution in [1.29, 1.82) is 0 Å². The highest BCUT2D eigenvalue weighted by atomic mass is 16.5. The fourth-order valence-electron chi connectivity index (χ4n) is 1.87. The van der Waals surface area contributed by atoms with Crippen LogP contribution in [0.2, 0.25) is 0 Å². The number of rotatable bonds is 6. The zero-order valence-electron chi connectivity index (χ0n) is 10.3. The third kappa shape index (κ3) is 4.37. The molecular formula is C14H19NO3. The van der Waals surface area contributed by atoms with E-state index in [2.05, 4.69) is 5.32 Å². The molecule has 0 bridgehead atoms. The molecule has 1 fully saturated rings. The van der Waals surface area contributed by atoms with Crippen LogP contribution in [0.1, 0.15) is 24.8 Å². The SMILES string of the molecule is O=C(N[C@H](CO)CC1CC1)OCc1ccccc1. The van der Waals surface area contributed by atoms with Gasteiger partial charge >= 0.3 is 6.09 Å². The van der Waals surface area contributed by atoms with Crippen molar-refractivity contribution in [3.05, 3.63) is 35.9 Å². The second-order valence-corrected chi connectivity index (χ2v) is 4.76. The first kappa shape index (κ1) is 12.9. The lowest BCUT2D eigenvalue weighted by Crippen LogP contribution is -2.38. The zero-order chi connectivity index (χ0) is 12.8. The summed E-state index contributed by atoms with van der Waals surface area (Å²) in [5.74, 6) is 0.663. The van der Waals surface area contributed by atoms with Crippen molar-refractivity contribution in [3.63, 3.8) is 0 Å². The van der Waals surface area contributed by atoms with Crippen LogP contribution < -0.4 is 5.32 Å². The van der Waals surface area contributed by atoms with Gasteiger partial charge < -0.3 is 15.2 Å². The van der Waals surface area contributed by atoms with Crippen LogP contribution in [-0.4, -0.2) is 23.8 Å². The van der Waals surface area contributed by atoms with Crippen molar-refractivity contribution in [2.45, 2.75) is 31.9 Å². The number of carbonyl (C=O) groups excluding carboxylic acids is 1. The second kappa shape index (κ2) is 6.40. The number of aliphatic hydroxyl groups is 1. The maximum absolute atomic E-state index is 11.5. The molecule has 1 aliphatic carbocycles. The Balaban J connectivity index is 1.70. The molecule has 0 aromatic heterocycles. The zero-order valence-corrected chi connectivity index (χ0v) is 10.3. The normalized spacial score (nSPS) is 16.1. The summed E-state index contributed by atoms with van der Waals surface area (Å²) in [5, 5.41) is 11.9. The summed E-state index contributed by atoms with van der Waals surface area (Å²) in [5.41, 5.74) is 0.954. The molecule has 0 radical (unpaired) electrons. The number of hydrogen-bond acceptors (Lipinski definition) is 3. The quantitative estimate of drug-likeness (QED) is 0.811. The van der Waals surface area contributed by atoms with Gasteiger partial charge in [-0.05, 0) is 17.9 Å². The van der Waals surface area contributed by atoms with Crippen LogP contribution >= 0.6 is 0 Å². The average Bonchev–Trinajstić information content (AvgIpc) is 3.21. The van der Waals surface area contributed by atoms with Crippen molar-refractivity contribution < 1.29 is 14.6 Å². The molecule has 4 nitrogen and oxygen atoms in total. The number of carbonyl (C=O) groups is 1. The molecule has 1 amide bonds. The number of nitrogens with one attached hydrogen (secondary N) is 1. The van der Waals surface area contributed by atoms with Crippen LogP contribution in [0.3, 0.4) is 0 Å². The maximum Gasteiger partial charge on any atom is 0.407 e. The van der Waals surface area contributed by atoms with Crippen LogP contribution in [0.25, 0.3) is 0 Å². The fourth-order valence-corrected chi connectivity index (χ4v) is 1.87. The Bertz CT molecular complexity index is 376. The molecule has 1 aromatic rings. The Kier molecular flexibility index (Phi) is 4.59. The van der Waals surface area contributed by atoms with E-state index in [1.807, 2.05) is 30.3 Å². The predicted molar refractivity (Wildman–Crippen MR) is 68.0 cm³/mol. The summed E-state index contributed by atoms with van der Waals surface area (Å²) in [7, 11) is 0. The molecule has 2 rings (SSSR count). The summed E-state index contributed by atoms with van der Waals surface area (Å²) in [6.07, 6.45) is 2.80. The van der Waals surface area contributed by atoms with Crippen molar-refractivity contribution in [1.82, 2.24) is 5.32 Å². The van der Waals surface area contributed by atoms with Gasteiger partial charge in [-0.25, -0.2) is 4.79 Å². The van der Waals surface area contributed by atoms with E-state index in [1.54, 1.807) is 0 Å². The molecule has 18 heavy (non-hydrogen) atoms. The molecule has 1 aromatic carbocycles. The topological polar surface area (TPSA) is 58.6 Å². The van der Waals surface area contributed by atoms with Gasteiger partial charge in [-0.15, -0.1) is 0 Å². The summed E-state index contributed by atoms with van der Waals surface area (Å²) in [6.45, 7) is 0.227. The van der Waals surface area contributed by atoms with Crippen LogP contribution in [0.15, 0.2) is 30.3 Å². The maximum atomic E-state index is 11.5. The van der Waals surface area contributed by atoms with E-state index >= 15 is 0 Å². The van der Waals surface area contributed by atoms with E-state index in [0.717, 1.165) is 12.0 Å². The minimum Gasteiger partial charge on any atom is -0.445 e. The third-order valence-corrected chi connectivity index (χ3v) is 3.07. The summed E-state index contributed by atoms with van der Waals surface area (Å²) in [4.78, 5) is 11.5. The number of ether oxygens (including phenoxy) is 1. The molecule has 1 saturated carbocycles. The molecule has 0 aliphatic heterocycles. The Labute approximate surface area is 107 Å². The first-order chi connectivity index (χ1) is 8.78. The standard InChI is InChI=1S/C14H19NO3/c16-9-13(8-11-6-7-11)15-14(17)18-10-12-4-2-1-3-5-12/h1-5,11,13,16H,6-10H2,(H,15,17)/t13-/m0/s1.